The van der Waals surface area contributed by atoms with Crippen molar-refractivity contribution in [2.24, 2.45) is 0 Å². The third kappa shape index (κ3) is 5.09. The lowest BCUT2D eigenvalue weighted by Gasteiger charge is -2.28. The molecule has 0 unspecified atom stereocenters. The van der Waals surface area contributed by atoms with E-state index < -0.39 is 5.60 Å². The third-order valence-electron chi connectivity index (χ3n) is 3.16. The molecule has 1 aromatic rings. The highest BCUT2D eigenvalue weighted by Crippen LogP contribution is 2.15. The fraction of sp³-hybridized carbons (Fsp3) is 0.643. The average molecular weight is 310 g/mol. The molecule has 1 aromatic heterocycles. The molecule has 2 N–H and O–H groups in total. The molecule has 0 saturated carbocycles. The number of aromatic amines is 1. The summed E-state index contributed by atoms with van der Waals surface area (Å²) in [5.74, 6) is 0. The molecule has 2 rings (SSSR count). The first-order valence-corrected chi connectivity index (χ1v) is 7.50. The average Bonchev–Trinajstić information content (AvgIpc) is 2.36. The summed E-state index contributed by atoms with van der Waals surface area (Å²) in [5.41, 5.74) is 1.88. The molecular weight excluding hydrogens is 288 g/mol. The predicted octanol–water partition coefficient (Wildman–Crippen LogP) is 2.02. The van der Waals surface area contributed by atoms with Crippen LogP contribution < -0.4 is 5.32 Å². The molecule has 0 saturated heterocycles. The maximum absolute atomic E-state index is 11.6. The molecule has 1 aliphatic heterocycles. The lowest BCUT2D eigenvalue weighted by Crippen LogP contribution is -2.40. The van der Waals surface area contributed by atoms with E-state index in [9.17, 15) is 4.79 Å². The van der Waals surface area contributed by atoms with E-state index >= 15 is 0 Å². The Balaban J connectivity index is 1.78. The molecule has 6 nitrogen and oxygen atoms in total. The third-order valence-corrected chi connectivity index (χ3v) is 3.37. The van der Waals surface area contributed by atoms with Crippen LogP contribution in [0.25, 0.3) is 0 Å². The van der Waals surface area contributed by atoms with Gasteiger partial charge in [-0.2, -0.15) is 0 Å². The lowest BCUT2D eigenvalue weighted by atomic mass is 10.1. The summed E-state index contributed by atoms with van der Waals surface area (Å²) in [6, 6.07) is 0. The molecule has 0 aliphatic carbocycles. The highest BCUT2D eigenvalue weighted by Gasteiger charge is 2.18. The van der Waals surface area contributed by atoms with Gasteiger partial charge in [-0.15, -0.1) is 0 Å². The van der Waals surface area contributed by atoms with Crippen molar-refractivity contribution in [3.63, 3.8) is 0 Å². The second-order valence-corrected chi connectivity index (χ2v) is 6.53. The van der Waals surface area contributed by atoms with Crippen molar-refractivity contribution in [3.8, 4) is 0 Å². The number of carbonyl (C=O) groups excluding carboxylic acids is 1. The van der Waals surface area contributed by atoms with Crippen molar-refractivity contribution in [1.82, 2.24) is 20.2 Å². The summed E-state index contributed by atoms with van der Waals surface area (Å²) in [7, 11) is 0. The van der Waals surface area contributed by atoms with Crippen LogP contribution in [0.3, 0.4) is 0 Å². The van der Waals surface area contributed by atoms with Crippen LogP contribution in [0.2, 0.25) is 0 Å². The summed E-state index contributed by atoms with van der Waals surface area (Å²) in [4.78, 5) is 21.1. The number of fused-ring (bicyclic) bond motifs is 1. The number of ether oxygens (including phenoxy) is 1. The number of aromatic nitrogens is 2. The maximum atomic E-state index is 11.6. The normalized spacial score (nSPS) is 15.4. The summed E-state index contributed by atoms with van der Waals surface area (Å²) < 4.78 is 5.72. The van der Waals surface area contributed by atoms with Crippen molar-refractivity contribution >= 4 is 18.3 Å². The van der Waals surface area contributed by atoms with Crippen LogP contribution in [0, 0.1) is 4.77 Å². The number of rotatable bonds is 3. The molecular formula is C14H22N4O2S. The standard InChI is InChI=1S/C14H22N4O2S/c1-14(2,3)20-13(19)15-5-7-18-6-4-10-8-16-12(21)17-11(10)9-18/h8H,4-7,9H2,1-3H3,(H,15,19)(H,16,17,21). The van der Waals surface area contributed by atoms with E-state index in [-0.39, 0.29) is 6.09 Å². The zero-order valence-corrected chi connectivity index (χ0v) is 13.5. The van der Waals surface area contributed by atoms with Gasteiger partial charge in [0.25, 0.3) is 0 Å². The Hall–Kier alpha value is -1.47. The lowest BCUT2D eigenvalue weighted by molar-refractivity contribution is 0.0521. The fourth-order valence-corrected chi connectivity index (χ4v) is 2.39. The van der Waals surface area contributed by atoms with Gasteiger partial charge in [0.05, 0.1) is 0 Å². The minimum Gasteiger partial charge on any atom is -0.444 e. The van der Waals surface area contributed by atoms with Crippen molar-refractivity contribution < 1.29 is 9.53 Å². The largest absolute Gasteiger partial charge is 0.444 e. The van der Waals surface area contributed by atoms with Crippen molar-refractivity contribution in [2.75, 3.05) is 19.6 Å². The smallest absolute Gasteiger partial charge is 0.407 e. The topological polar surface area (TPSA) is 70.2 Å². The fourth-order valence-electron chi connectivity index (χ4n) is 2.21. The monoisotopic (exact) mass is 310 g/mol. The molecule has 0 fully saturated rings. The minimum absolute atomic E-state index is 0.372. The van der Waals surface area contributed by atoms with Gasteiger partial charge in [0, 0.05) is 38.1 Å². The quantitative estimate of drug-likeness (QED) is 0.836. The second-order valence-electron chi connectivity index (χ2n) is 6.15. The van der Waals surface area contributed by atoms with E-state index in [1.54, 1.807) is 0 Å². The van der Waals surface area contributed by atoms with Crippen molar-refractivity contribution in [2.45, 2.75) is 39.3 Å². The first kappa shape index (κ1) is 15.9. The van der Waals surface area contributed by atoms with Gasteiger partial charge in [-0.05, 0) is 45.0 Å². The highest BCUT2D eigenvalue weighted by molar-refractivity contribution is 7.71. The molecule has 0 bridgehead atoms. The van der Waals surface area contributed by atoms with Crippen LogP contribution >= 0.6 is 12.2 Å². The summed E-state index contributed by atoms with van der Waals surface area (Å²) in [6.45, 7) is 8.66. The number of alkyl carbamates (subject to hydrolysis) is 1. The number of hydrogen-bond acceptors (Lipinski definition) is 5. The Bertz CT molecular complexity index is 565. The summed E-state index contributed by atoms with van der Waals surface area (Å²) >= 11 is 5.05. The number of H-pyrrole nitrogens is 1. The first-order chi connectivity index (χ1) is 9.83. The van der Waals surface area contributed by atoms with Gasteiger partial charge in [-0.1, -0.05) is 0 Å². The molecule has 0 spiro atoms. The Kier molecular flexibility index (Phi) is 4.95. The van der Waals surface area contributed by atoms with Gasteiger partial charge < -0.3 is 15.0 Å². The predicted molar refractivity (Wildman–Crippen MR) is 82.6 cm³/mol. The molecule has 7 heteroatoms. The molecule has 0 atom stereocenters. The Labute approximate surface area is 129 Å². The van der Waals surface area contributed by atoms with Crippen LogP contribution in [-0.2, 0) is 17.7 Å². The van der Waals surface area contributed by atoms with Crippen LogP contribution in [0.15, 0.2) is 6.20 Å². The zero-order valence-electron chi connectivity index (χ0n) is 12.7. The van der Waals surface area contributed by atoms with Crippen molar-refractivity contribution in [1.29, 1.82) is 0 Å². The number of carbonyl (C=O) groups is 1. The number of nitrogens with one attached hydrogen (secondary N) is 2. The minimum atomic E-state index is -0.462. The maximum Gasteiger partial charge on any atom is 0.407 e. The second kappa shape index (κ2) is 6.53. The number of nitrogens with zero attached hydrogens (tertiary/aromatic N) is 2. The molecule has 116 valence electrons. The van der Waals surface area contributed by atoms with Gasteiger partial charge >= 0.3 is 6.09 Å². The van der Waals surface area contributed by atoms with E-state index in [0.717, 1.165) is 31.7 Å². The molecule has 0 radical (unpaired) electrons. The Morgan fingerprint density at radius 1 is 1.57 bits per heavy atom. The molecule has 1 amide bonds. The summed E-state index contributed by atoms with van der Waals surface area (Å²) in [6.07, 6.45) is 2.43. The van der Waals surface area contributed by atoms with E-state index in [0.29, 0.717) is 11.3 Å². The molecule has 1 aliphatic rings. The highest BCUT2D eigenvalue weighted by atomic mass is 32.1. The SMILES string of the molecule is CC(C)(C)OC(=O)NCCN1CCc2cnc(=S)[nH]c2C1. The molecule has 21 heavy (non-hydrogen) atoms. The summed E-state index contributed by atoms with van der Waals surface area (Å²) in [5, 5.41) is 2.78. The van der Waals surface area contributed by atoms with Gasteiger partial charge in [-0.3, -0.25) is 4.90 Å². The van der Waals surface area contributed by atoms with Gasteiger partial charge in [0.1, 0.15) is 5.60 Å². The van der Waals surface area contributed by atoms with Gasteiger partial charge in [0.2, 0.25) is 0 Å². The van der Waals surface area contributed by atoms with Crippen LogP contribution in [0.4, 0.5) is 4.79 Å². The van der Waals surface area contributed by atoms with Gasteiger partial charge in [-0.25, -0.2) is 9.78 Å². The first-order valence-electron chi connectivity index (χ1n) is 7.10. The zero-order chi connectivity index (χ0) is 15.5. The number of amides is 1. The van der Waals surface area contributed by atoms with E-state index in [4.69, 9.17) is 17.0 Å². The molecule has 0 aromatic carbocycles. The van der Waals surface area contributed by atoms with Crippen molar-refractivity contribution in [3.05, 3.63) is 22.2 Å². The van der Waals surface area contributed by atoms with Crippen LogP contribution in [0.5, 0.6) is 0 Å². The van der Waals surface area contributed by atoms with Crippen LogP contribution in [0.1, 0.15) is 32.0 Å². The van der Waals surface area contributed by atoms with E-state index in [1.165, 1.54) is 5.56 Å². The Morgan fingerprint density at radius 3 is 3.05 bits per heavy atom. The van der Waals surface area contributed by atoms with Gasteiger partial charge in [0.15, 0.2) is 4.77 Å². The van der Waals surface area contributed by atoms with E-state index in [2.05, 4.69) is 20.2 Å². The Morgan fingerprint density at radius 2 is 2.33 bits per heavy atom. The molecule has 2 heterocycles. The van der Waals surface area contributed by atoms with Crippen LogP contribution in [-0.4, -0.2) is 46.2 Å². The number of hydrogen-bond donors (Lipinski definition) is 2. The van der Waals surface area contributed by atoms with E-state index in [1.807, 2.05) is 27.0 Å².